The Hall–Kier alpha value is -1.32. The van der Waals surface area contributed by atoms with Crippen molar-refractivity contribution in [3.8, 4) is 0 Å². The van der Waals surface area contributed by atoms with Crippen LogP contribution in [0.2, 0.25) is 0 Å². The lowest BCUT2D eigenvalue weighted by Crippen LogP contribution is -2.43. The first-order valence-corrected chi connectivity index (χ1v) is 8.91. The van der Waals surface area contributed by atoms with Crippen molar-refractivity contribution >= 4 is 5.91 Å². The third kappa shape index (κ3) is 3.53. The fourth-order valence-electron chi connectivity index (χ4n) is 3.65. The normalized spacial score (nSPS) is 25.5. The molecule has 0 atom stereocenters. The molecule has 0 saturated heterocycles. The van der Waals surface area contributed by atoms with Gasteiger partial charge in [0, 0.05) is 17.8 Å². The van der Waals surface area contributed by atoms with Gasteiger partial charge < -0.3 is 4.90 Å². The molecule has 1 aromatic heterocycles. The molecule has 1 amide bonds. The molecule has 2 fully saturated rings. The minimum Gasteiger partial charge on any atom is -0.331 e. The third-order valence-electron chi connectivity index (χ3n) is 5.03. The quantitative estimate of drug-likeness (QED) is 0.899. The molecule has 1 aromatic rings. The van der Waals surface area contributed by atoms with Gasteiger partial charge in [-0.2, -0.15) is 5.10 Å². The van der Waals surface area contributed by atoms with E-state index in [0.29, 0.717) is 23.7 Å². The maximum atomic E-state index is 12.9. The van der Waals surface area contributed by atoms with Crippen molar-refractivity contribution in [2.24, 2.45) is 11.8 Å². The van der Waals surface area contributed by atoms with E-state index < -0.39 is 0 Å². The number of rotatable bonds is 5. The molecule has 0 aliphatic heterocycles. The number of hydrogen-bond acceptors (Lipinski definition) is 2. The van der Waals surface area contributed by atoms with Crippen LogP contribution in [0.15, 0.2) is 6.07 Å². The van der Waals surface area contributed by atoms with Gasteiger partial charge in [0.1, 0.15) is 5.69 Å². The Bertz CT molecular complexity index is 510. The number of aromatic nitrogens is 2. The van der Waals surface area contributed by atoms with Gasteiger partial charge in [-0.05, 0) is 62.8 Å². The highest BCUT2D eigenvalue weighted by Crippen LogP contribution is 2.36. The Morgan fingerprint density at radius 2 is 1.82 bits per heavy atom. The molecule has 2 saturated carbocycles. The summed E-state index contributed by atoms with van der Waals surface area (Å²) in [4.78, 5) is 15.1. The number of nitrogens with zero attached hydrogens (tertiary/aromatic N) is 2. The summed E-state index contributed by atoms with van der Waals surface area (Å²) in [6.45, 7) is 6.69. The molecule has 0 aromatic carbocycles. The van der Waals surface area contributed by atoms with E-state index in [1.54, 1.807) is 0 Å². The van der Waals surface area contributed by atoms with Crippen molar-refractivity contribution in [3.05, 3.63) is 17.5 Å². The summed E-state index contributed by atoms with van der Waals surface area (Å²) in [5.41, 5.74) is 1.69. The van der Waals surface area contributed by atoms with E-state index in [0.717, 1.165) is 30.9 Å². The summed E-state index contributed by atoms with van der Waals surface area (Å²) in [6.07, 6.45) is 8.10. The van der Waals surface area contributed by atoms with Crippen molar-refractivity contribution in [1.82, 2.24) is 15.1 Å². The summed E-state index contributed by atoms with van der Waals surface area (Å²) < 4.78 is 0. The van der Waals surface area contributed by atoms with Crippen LogP contribution in [-0.2, 0) is 6.42 Å². The molecule has 2 aliphatic rings. The highest BCUT2D eigenvalue weighted by atomic mass is 16.2. The van der Waals surface area contributed by atoms with Crippen LogP contribution in [0, 0.1) is 11.8 Å². The summed E-state index contributed by atoms with van der Waals surface area (Å²) in [5.74, 6) is 1.53. The average Bonchev–Trinajstić information content (AvgIpc) is 3.19. The van der Waals surface area contributed by atoms with Gasteiger partial charge in [-0.3, -0.25) is 9.89 Å². The molecule has 3 rings (SSSR count). The SMILES string of the molecule is CC(C)Cc1cc(C(=O)N(C2CCC(C)CC2)C2CC2)n[nH]1. The number of amides is 1. The number of aromatic amines is 1. The third-order valence-corrected chi connectivity index (χ3v) is 5.03. The summed E-state index contributed by atoms with van der Waals surface area (Å²) in [6, 6.07) is 2.86. The predicted octanol–water partition coefficient (Wildman–Crippen LogP) is 3.79. The van der Waals surface area contributed by atoms with E-state index in [2.05, 4.69) is 35.9 Å². The first kappa shape index (κ1) is 15.6. The standard InChI is InChI=1S/C18H29N3O/c1-12(2)10-14-11-17(20-19-14)18(22)21(16-8-9-16)15-6-4-13(3)5-7-15/h11-13,15-16H,4-10H2,1-3H3,(H,19,20). The van der Waals surface area contributed by atoms with Crippen LogP contribution in [0.3, 0.4) is 0 Å². The van der Waals surface area contributed by atoms with Crippen LogP contribution in [0.5, 0.6) is 0 Å². The maximum Gasteiger partial charge on any atom is 0.274 e. The molecule has 122 valence electrons. The van der Waals surface area contributed by atoms with Crippen molar-refractivity contribution < 1.29 is 4.79 Å². The Balaban J connectivity index is 1.71. The molecular formula is C18H29N3O. The lowest BCUT2D eigenvalue weighted by Gasteiger charge is -2.36. The minimum atomic E-state index is 0.147. The lowest BCUT2D eigenvalue weighted by atomic mass is 9.86. The number of carbonyl (C=O) groups excluding carboxylic acids is 1. The molecule has 0 radical (unpaired) electrons. The van der Waals surface area contributed by atoms with Crippen molar-refractivity contribution in [3.63, 3.8) is 0 Å². The summed E-state index contributed by atoms with van der Waals surface area (Å²) in [5, 5.41) is 7.34. The van der Waals surface area contributed by atoms with Crippen molar-refractivity contribution in [2.45, 2.75) is 77.8 Å². The number of hydrogen-bond donors (Lipinski definition) is 1. The first-order valence-electron chi connectivity index (χ1n) is 8.91. The van der Waals surface area contributed by atoms with E-state index in [9.17, 15) is 4.79 Å². The van der Waals surface area contributed by atoms with Crippen LogP contribution in [0.1, 0.15) is 75.5 Å². The second kappa shape index (κ2) is 6.43. The Morgan fingerprint density at radius 1 is 1.23 bits per heavy atom. The number of nitrogens with one attached hydrogen (secondary N) is 1. The smallest absolute Gasteiger partial charge is 0.274 e. The average molecular weight is 303 g/mol. The molecule has 0 spiro atoms. The zero-order valence-electron chi connectivity index (χ0n) is 14.1. The highest BCUT2D eigenvalue weighted by molar-refractivity contribution is 5.93. The Kier molecular flexibility index (Phi) is 4.55. The zero-order valence-corrected chi connectivity index (χ0v) is 14.1. The highest BCUT2D eigenvalue weighted by Gasteiger charge is 2.39. The van der Waals surface area contributed by atoms with Gasteiger partial charge in [-0.15, -0.1) is 0 Å². The minimum absolute atomic E-state index is 0.147. The zero-order chi connectivity index (χ0) is 15.7. The van der Waals surface area contributed by atoms with Crippen molar-refractivity contribution in [2.75, 3.05) is 0 Å². The molecule has 2 aliphatic carbocycles. The van der Waals surface area contributed by atoms with Gasteiger partial charge in [-0.25, -0.2) is 0 Å². The Morgan fingerprint density at radius 3 is 2.36 bits per heavy atom. The molecule has 4 nitrogen and oxygen atoms in total. The van der Waals surface area contributed by atoms with Gasteiger partial charge in [0.25, 0.3) is 5.91 Å². The fourth-order valence-corrected chi connectivity index (χ4v) is 3.65. The summed E-state index contributed by atoms with van der Waals surface area (Å²) >= 11 is 0. The first-order chi connectivity index (χ1) is 10.5. The monoisotopic (exact) mass is 303 g/mol. The second-order valence-corrected chi connectivity index (χ2v) is 7.73. The number of carbonyl (C=O) groups is 1. The maximum absolute atomic E-state index is 12.9. The van der Waals surface area contributed by atoms with Crippen LogP contribution >= 0.6 is 0 Å². The molecule has 4 heteroatoms. The largest absolute Gasteiger partial charge is 0.331 e. The van der Waals surface area contributed by atoms with Crippen molar-refractivity contribution in [1.29, 1.82) is 0 Å². The van der Waals surface area contributed by atoms with E-state index >= 15 is 0 Å². The fraction of sp³-hybridized carbons (Fsp3) is 0.778. The molecule has 1 heterocycles. The van der Waals surface area contributed by atoms with Gasteiger partial charge in [0.2, 0.25) is 0 Å². The van der Waals surface area contributed by atoms with E-state index in [-0.39, 0.29) is 5.91 Å². The molecule has 0 unspecified atom stereocenters. The molecular weight excluding hydrogens is 274 g/mol. The van der Waals surface area contributed by atoms with E-state index in [1.807, 2.05) is 6.07 Å². The summed E-state index contributed by atoms with van der Waals surface area (Å²) in [7, 11) is 0. The predicted molar refractivity (Wildman–Crippen MR) is 87.7 cm³/mol. The van der Waals surface area contributed by atoms with Gasteiger partial charge in [0.15, 0.2) is 0 Å². The van der Waals surface area contributed by atoms with Gasteiger partial charge in [-0.1, -0.05) is 20.8 Å². The van der Waals surface area contributed by atoms with Gasteiger partial charge in [0.05, 0.1) is 0 Å². The Labute approximate surface area is 133 Å². The van der Waals surface area contributed by atoms with Gasteiger partial charge >= 0.3 is 0 Å². The molecule has 1 N–H and O–H groups in total. The molecule has 0 bridgehead atoms. The van der Waals surface area contributed by atoms with E-state index in [4.69, 9.17) is 0 Å². The molecule has 22 heavy (non-hydrogen) atoms. The van der Waals surface area contributed by atoms with Crippen LogP contribution in [0.25, 0.3) is 0 Å². The number of H-pyrrole nitrogens is 1. The topological polar surface area (TPSA) is 49.0 Å². The lowest BCUT2D eigenvalue weighted by molar-refractivity contribution is 0.0587. The van der Waals surface area contributed by atoms with Crippen LogP contribution in [-0.4, -0.2) is 33.1 Å². The van der Waals surface area contributed by atoms with Crippen LogP contribution in [0.4, 0.5) is 0 Å². The van der Waals surface area contributed by atoms with Crippen LogP contribution < -0.4 is 0 Å². The second-order valence-electron chi connectivity index (χ2n) is 7.73. The van der Waals surface area contributed by atoms with E-state index in [1.165, 1.54) is 25.7 Å².